The largest absolute Gasteiger partial charge is 0.416 e. The molecule has 0 bridgehead atoms. The molecule has 1 aliphatic rings. The zero-order valence-corrected chi connectivity index (χ0v) is 24.3. The van der Waals surface area contributed by atoms with Crippen LogP contribution in [0.5, 0.6) is 0 Å². The summed E-state index contributed by atoms with van der Waals surface area (Å²) in [4.78, 5) is 31.5. The first-order chi connectivity index (χ1) is 20.1. The molecular formula is C30H37F6N3O4. The molecule has 2 aromatic carbocycles. The second-order valence-corrected chi connectivity index (χ2v) is 10.6. The molecule has 2 aromatic rings. The molecule has 0 aliphatic carbocycles. The first-order valence-corrected chi connectivity index (χ1v) is 14.0. The third-order valence-electron chi connectivity index (χ3n) is 7.89. The van der Waals surface area contributed by atoms with Gasteiger partial charge < -0.3 is 24.9 Å². The van der Waals surface area contributed by atoms with Crippen LogP contribution < -0.4 is 0 Å². The van der Waals surface area contributed by atoms with Crippen molar-refractivity contribution in [3.05, 3.63) is 70.3 Å². The van der Waals surface area contributed by atoms with Gasteiger partial charge in [-0.05, 0) is 61.1 Å². The van der Waals surface area contributed by atoms with E-state index in [1.54, 1.807) is 11.0 Å². The fraction of sp³-hybridized carbons (Fsp3) is 0.533. The highest BCUT2D eigenvalue weighted by Gasteiger charge is 2.43. The van der Waals surface area contributed by atoms with Gasteiger partial charge in [-0.2, -0.15) is 26.3 Å². The molecule has 0 radical (unpaired) electrons. The molecule has 0 aromatic heterocycles. The van der Waals surface area contributed by atoms with Crippen LogP contribution in [-0.4, -0.2) is 76.2 Å². The van der Waals surface area contributed by atoms with Crippen molar-refractivity contribution >= 4 is 11.9 Å². The molecule has 1 saturated heterocycles. The van der Waals surface area contributed by atoms with E-state index in [4.69, 9.17) is 0 Å². The molecule has 1 fully saturated rings. The van der Waals surface area contributed by atoms with Crippen molar-refractivity contribution in [1.82, 2.24) is 14.7 Å². The summed E-state index contributed by atoms with van der Waals surface area (Å²) in [5.41, 5.74) is -1.87. The summed E-state index contributed by atoms with van der Waals surface area (Å²) in [5, 5.41) is 19.0. The fourth-order valence-electron chi connectivity index (χ4n) is 5.75. The van der Waals surface area contributed by atoms with E-state index in [2.05, 4.69) is 0 Å². The van der Waals surface area contributed by atoms with Crippen LogP contribution in [0.15, 0.2) is 42.5 Å². The number of carbonyl (C=O) groups excluding carboxylic acids is 2. The number of aliphatic hydroxyl groups is 2. The Hall–Kier alpha value is -3.32. The summed E-state index contributed by atoms with van der Waals surface area (Å²) in [6, 6.07) is 5.29. The van der Waals surface area contributed by atoms with Gasteiger partial charge in [0.05, 0.1) is 29.3 Å². The minimum absolute atomic E-state index is 0.0222. The molecule has 2 N–H and O–H groups in total. The Kier molecular flexibility index (Phi) is 11.1. The van der Waals surface area contributed by atoms with Crippen LogP contribution in [0.4, 0.5) is 31.1 Å². The molecule has 1 heterocycles. The summed E-state index contributed by atoms with van der Waals surface area (Å²) in [6.45, 7) is 3.13. The van der Waals surface area contributed by atoms with Gasteiger partial charge in [0.1, 0.15) is 0 Å². The molecule has 0 saturated carbocycles. The standard InChI is InChI=1S/C30H37F6N3O4/c1-4-24-27(23-9-6-5-8-19(23)2)39(13-12-38(24)26(42)10-7-14-40)28(43)37(3)25(11-15-41)20-16-21(29(31,32)33)18-22(17-20)30(34,35)36/h5-6,8-9,16-18,24-25,27,40-41H,4,7,10-15H2,1-3H3. The summed E-state index contributed by atoms with van der Waals surface area (Å²) in [7, 11) is 1.28. The summed E-state index contributed by atoms with van der Waals surface area (Å²) < 4.78 is 81.7. The molecule has 3 amide bonds. The SMILES string of the molecule is CCC1C(c2ccccc2C)N(C(=O)N(C)C(CCO)c2cc(C(F)(F)F)cc(C(F)(F)F)c2)CCN1C(=O)CCCO. The van der Waals surface area contributed by atoms with Crippen molar-refractivity contribution in [2.75, 3.05) is 33.4 Å². The number of amides is 3. The number of urea groups is 1. The fourth-order valence-corrected chi connectivity index (χ4v) is 5.75. The Morgan fingerprint density at radius 2 is 1.53 bits per heavy atom. The first kappa shape index (κ1) is 34.2. The molecular weight excluding hydrogens is 580 g/mol. The molecule has 13 heteroatoms. The number of aryl methyl sites for hydroxylation is 1. The third-order valence-corrected chi connectivity index (χ3v) is 7.89. The van der Waals surface area contributed by atoms with E-state index in [1.165, 1.54) is 11.9 Å². The van der Waals surface area contributed by atoms with Crippen LogP contribution in [0.25, 0.3) is 0 Å². The van der Waals surface area contributed by atoms with Crippen molar-refractivity contribution in [2.24, 2.45) is 0 Å². The van der Waals surface area contributed by atoms with E-state index < -0.39 is 59.8 Å². The van der Waals surface area contributed by atoms with Gasteiger partial charge in [0, 0.05) is 39.8 Å². The van der Waals surface area contributed by atoms with Gasteiger partial charge in [-0.3, -0.25) is 4.79 Å². The lowest BCUT2D eigenvalue weighted by atomic mass is 9.89. The van der Waals surface area contributed by atoms with E-state index >= 15 is 0 Å². The van der Waals surface area contributed by atoms with E-state index in [1.807, 2.05) is 32.0 Å². The number of hydrogen-bond acceptors (Lipinski definition) is 4. The first-order valence-electron chi connectivity index (χ1n) is 14.0. The zero-order valence-electron chi connectivity index (χ0n) is 24.3. The Balaban J connectivity index is 2.09. The summed E-state index contributed by atoms with van der Waals surface area (Å²) in [6.07, 6.45) is -9.65. The lowest BCUT2D eigenvalue weighted by Gasteiger charge is -2.49. The van der Waals surface area contributed by atoms with Crippen LogP contribution in [0.3, 0.4) is 0 Å². The van der Waals surface area contributed by atoms with Gasteiger partial charge in [-0.25, -0.2) is 4.79 Å². The van der Waals surface area contributed by atoms with Gasteiger partial charge in [0.2, 0.25) is 5.91 Å². The van der Waals surface area contributed by atoms with Crippen molar-refractivity contribution in [3.63, 3.8) is 0 Å². The number of aliphatic hydroxyl groups excluding tert-OH is 2. The average molecular weight is 618 g/mol. The van der Waals surface area contributed by atoms with Crippen molar-refractivity contribution in [2.45, 2.75) is 70.0 Å². The highest BCUT2D eigenvalue weighted by molar-refractivity contribution is 5.79. The van der Waals surface area contributed by atoms with Crippen LogP contribution in [0.2, 0.25) is 0 Å². The van der Waals surface area contributed by atoms with E-state index in [9.17, 15) is 46.1 Å². The van der Waals surface area contributed by atoms with Gasteiger partial charge in [0.25, 0.3) is 0 Å². The predicted octanol–water partition coefficient (Wildman–Crippen LogP) is 5.94. The summed E-state index contributed by atoms with van der Waals surface area (Å²) >= 11 is 0. The predicted molar refractivity (Wildman–Crippen MR) is 147 cm³/mol. The van der Waals surface area contributed by atoms with Gasteiger partial charge in [-0.15, -0.1) is 0 Å². The van der Waals surface area contributed by atoms with Crippen molar-refractivity contribution in [3.8, 4) is 0 Å². The number of rotatable bonds is 9. The lowest BCUT2D eigenvalue weighted by molar-refractivity contribution is -0.143. The van der Waals surface area contributed by atoms with E-state index in [0.717, 1.165) is 16.0 Å². The maximum absolute atomic E-state index is 14.1. The second kappa shape index (κ2) is 14.0. The number of nitrogens with zero attached hydrogens (tertiary/aromatic N) is 3. The number of hydrogen-bond donors (Lipinski definition) is 2. The third kappa shape index (κ3) is 7.80. The maximum Gasteiger partial charge on any atom is 0.416 e. The van der Waals surface area contributed by atoms with Crippen LogP contribution >= 0.6 is 0 Å². The molecule has 43 heavy (non-hydrogen) atoms. The second-order valence-electron chi connectivity index (χ2n) is 10.6. The normalized spacial score (nSPS) is 18.5. The molecule has 7 nitrogen and oxygen atoms in total. The minimum atomic E-state index is -5.08. The van der Waals surface area contributed by atoms with Crippen molar-refractivity contribution < 1.29 is 46.1 Å². The molecule has 1 aliphatic heterocycles. The highest BCUT2D eigenvalue weighted by Crippen LogP contribution is 2.40. The zero-order chi connectivity index (χ0) is 32.1. The lowest BCUT2D eigenvalue weighted by Crippen LogP contribution is -2.60. The Labute approximate surface area is 246 Å². The van der Waals surface area contributed by atoms with Crippen molar-refractivity contribution in [1.29, 1.82) is 0 Å². The maximum atomic E-state index is 14.1. The van der Waals surface area contributed by atoms with Crippen LogP contribution in [-0.2, 0) is 17.1 Å². The monoisotopic (exact) mass is 617 g/mol. The smallest absolute Gasteiger partial charge is 0.396 e. The Morgan fingerprint density at radius 1 is 0.953 bits per heavy atom. The Morgan fingerprint density at radius 3 is 2.05 bits per heavy atom. The number of benzene rings is 2. The number of carbonyl (C=O) groups is 2. The molecule has 3 rings (SSSR count). The number of halogens is 6. The topological polar surface area (TPSA) is 84.3 Å². The van der Waals surface area contributed by atoms with Gasteiger partial charge in [-0.1, -0.05) is 31.2 Å². The van der Waals surface area contributed by atoms with Gasteiger partial charge >= 0.3 is 18.4 Å². The van der Waals surface area contributed by atoms with E-state index in [-0.39, 0.29) is 50.9 Å². The van der Waals surface area contributed by atoms with Crippen LogP contribution in [0, 0.1) is 6.92 Å². The summed E-state index contributed by atoms with van der Waals surface area (Å²) in [5.74, 6) is -0.193. The van der Waals surface area contributed by atoms with Crippen LogP contribution in [0.1, 0.15) is 72.5 Å². The molecule has 3 unspecified atom stereocenters. The number of alkyl halides is 6. The Bertz CT molecular complexity index is 1240. The molecule has 238 valence electrons. The molecule has 3 atom stereocenters. The highest BCUT2D eigenvalue weighted by atomic mass is 19.4. The quantitative estimate of drug-likeness (QED) is 0.341. The average Bonchev–Trinajstić information content (AvgIpc) is 2.96. The molecule has 0 spiro atoms. The minimum Gasteiger partial charge on any atom is -0.396 e. The van der Waals surface area contributed by atoms with Gasteiger partial charge in [0.15, 0.2) is 0 Å². The van der Waals surface area contributed by atoms with E-state index in [0.29, 0.717) is 18.6 Å². The number of piperazine rings is 1.